The van der Waals surface area contributed by atoms with E-state index >= 15 is 0 Å². The van der Waals surface area contributed by atoms with E-state index in [1.165, 1.54) is 23.1 Å². The van der Waals surface area contributed by atoms with E-state index in [4.69, 9.17) is 4.74 Å². The average Bonchev–Trinajstić information content (AvgIpc) is 3.44. The number of nitrogens with zero attached hydrogens (tertiary/aromatic N) is 2. The van der Waals surface area contributed by atoms with Gasteiger partial charge in [-0.05, 0) is 35.7 Å². The second kappa shape index (κ2) is 9.62. The SMILES string of the molecule is COc1ccc2[nH]cc(CCN3C(=O)C(=O)C(=C(O)c4ccccc4)[C@@H]3c3cccc([N+](=O)[O-])c3)c2c1. The van der Waals surface area contributed by atoms with Crippen molar-refractivity contribution in [3.8, 4) is 5.75 Å². The minimum Gasteiger partial charge on any atom is -0.507 e. The minimum absolute atomic E-state index is 0.0997. The molecule has 1 aromatic heterocycles. The lowest BCUT2D eigenvalue weighted by Gasteiger charge is -2.25. The first-order chi connectivity index (χ1) is 17.9. The molecule has 1 atom stereocenters. The number of nitro benzene ring substituents is 1. The molecular formula is C28H23N3O6. The first kappa shape index (κ1) is 23.8. The van der Waals surface area contributed by atoms with Gasteiger partial charge in [-0.2, -0.15) is 0 Å². The van der Waals surface area contributed by atoms with Crippen LogP contribution >= 0.6 is 0 Å². The molecule has 1 aliphatic heterocycles. The number of H-pyrrole nitrogens is 1. The van der Waals surface area contributed by atoms with Gasteiger partial charge in [-0.3, -0.25) is 19.7 Å². The Kier molecular flexibility index (Phi) is 6.19. The maximum absolute atomic E-state index is 13.2. The fraction of sp³-hybridized carbons (Fsp3) is 0.143. The van der Waals surface area contributed by atoms with Crippen LogP contribution in [0.25, 0.3) is 16.7 Å². The summed E-state index contributed by atoms with van der Waals surface area (Å²) in [5, 5.41) is 23.5. The number of likely N-dealkylation sites (tertiary alicyclic amines) is 1. The summed E-state index contributed by atoms with van der Waals surface area (Å²) in [6, 6.07) is 18.9. The van der Waals surface area contributed by atoms with E-state index in [0.717, 1.165) is 16.5 Å². The Morgan fingerprint density at radius 3 is 2.59 bits per heavy atom. The number of aliphatic hydroxyl groups is 1. The Morgan fingerprint density at radius 2 is 1.86 bits per heavy atom. The third-order valence-corrected chi connectivity index (χ3v) is 6.58. The molecule has 1 saturated heterocycles. The molecule has 1 fully saturated rings. The number of non-ortho nitro benzene ring substituents is 1. The molecule has 0 unspecified atom stereocenters. The summed E-state index contributed by atoms with van der Waals surface area (Å²) in [6.45, 7) is 0.146. The molecule has 2 N–H and O–H groups in total. The molecular weight excluding hydrogens is 474 g/mol. The zero-order chi connectivity index (χ0) is 26.1. The lowest BCUT2D eigenvalue weighted by molar-refractivity contribution is -0.384. The van der Waals surface area contributed by atoms with Crippen molar-refractivity contribution < 1.29 is 24.4 Å². The van der Waals surface area contributed by atoms with E-state index < -0.39 is 22.7 Å². The largest absolute Gasteiger partial charge is 0.507 e. The maximum Gasteiger partial charge on any atom is 0.295 e. The molecule has 5 rings (SSSR count). The van der Waals surface area contributed by atoms with Crippen LogP contribution in [0, 0.1) is 10.1 Å². The minimum atomic E-state index is -0.986. The fourth-order valence-electron chi connectivity index (χ4n) is 4.75. The van der Waals surface area contributed by atoms with Gasteiger partial charge in [-0.15, -0.1) is 0 Å². The zero-order valence-corrected chi connectivity index (χ0v) is 19.9. The number of hydrogen-bond donors (Lipinski definition) is 2. The normalized spacial score (nSPS) is 16.9. The van der Waals surface area contributed by atoms with E-state index in [0.29, 0.717) is 23.3 Å². The van der Waals surface area contributed by atoms with Crippen molar-refractivity contribution in [2.24, 2.45) is 0 Å². The third kappa shape index (κ3) is 4.31. The zero-order valence-electron chi connectivity index (χ0n) is 19.9. The number of nitrogens with one attached hydrogen (secondary N) is 1. The summed E-state index contributed by atoms with van der Waals surface area (Å²) in [4.78, 5) is 42.0. The highest BCUT2D eigenvalue weighted by atomic mass is 16.6. The maximum atomic E-state index is 13.2. The van der Waals surface area contributed by atoms with E-state index in [9.17, 15) is 24.8 Å². The van der Waals surface area contributed by atoms with Crippen LogP contribution in [0.1, 0.15) is 22.7 Å². The molecule has 9 nitrogen and oxygen atoms in total. The summed E-state index contributed by atoms with van der Waals surface area (Å²) in [6.07, 6.45) is 2.24. The number of ketones is 1. The second-order valence-electron chi connectivity index (χ2n) is 8.69. The van der Waals surface area contributed by atoms with Gasteiger partial charge in [0, 0.05) is 41.3 Å². The number of nitro groups is 1. The van der Waals surface area contributed by atoms with Crippen LogP contribution in [-0.2, 0) is 16.0 Å². The Morgan fingerprint density at radius 1 is 1.08 bits per heavy atom. The van der Waals surface area contributed by atoms with Crippen LogP contribution in [0.15, 0.2) is 84.6 Å². The third-order valence-electron chi connectivity index (χ3n) is 6.58. The quantitative estimate of drug-likeness (QED) is 0.125. The van der Waals surface area contributed by atoms with E-state index in [-0.39, 0.29) is 23.6 Å². The number of methoxy groups -OCH3 is 1. The van der Waals surface area contributed by atoms with Gasteiger partial charge in [0.25, 0.3) is 17.4 Å². The van der Waals surface area contributed by atoms with Gasteiger partial charge in [-0.1, -0.05) is 42.5 Å². The highest BCUT2D eigenvalue weighted by molar-refractivity contribution is 6.46. The standard InChI is InChI=1S/C28H23N3O6/c1-37-21-10-11-23-22(15-21)19(16-29-23)12-13-30-25(18-8-5-9-20(14-18)31(35)36)24(27(33)28(30)34)26(32)17-6-3-2-4-7-17/h2-11,14-16,25,29,32H,12-13H2,1H3/t25-/m0/s1. The lowest BCUT2D eigenvalue weighted by Crippen LogP contribution is -2.31. The molecule has 0 radical (unpaired) electrons. The Hall–Kier alpha value is -4.92. The lowest BCUT2D eigenvalue weighted by atomic mass is 9.95. The van der Waals surface area contributed by atoms with E-state index in [1.807, 2.05) is 24.4 Å². The predicted molar refractivity (Wildman–Crippen MR) is 137 cm³/mol. The number of aromatic amines is 1. The molecule has 3 aromatic carbocycles. The van der Waals surface area contributed by atoms with Gasteiger partial charge in [-0.25, -0.2) is 0 Å². The van der Waals surface area contributed by atoms with Gasteiger partial charge in [0.15, 0.2) is 0 Å². The topological polar surface area (TPSA) is 126 Å². The van der Waals surface area contributed by atoms with Gasteiger partial charge >= 0.3 is 0 Å². The molecule has 0 spiro atoms. The molecule has 2 heterocycles. The molecule has 9 heteroatoms. The number of aromatic nitrogens is 1. The van der Waals surface area contributed by atoms with Crippen LogP contribution in [0.4, 0.5) is 5.69 Å². The van der Waals surface area contributed by atoms with Crippen molar-refractivity contribution in [2.75, 3.05) is 13.7 Å². The first-order valence-corrected chi connectivity index (χ1v) is 11.6. The Balaban J connectivity index is 1.58. The second-order valence-corrected chi connectivity index (χ2v) is 8.69. The van der Waals surface area contributed by atoms with Crippen LogP contribution < -0.4 is 4.74 Å². The summed E-state index contributed by atoms with van der Waals surface area (Å²) in [5.41, 5.74) is 2.28. The highest BCUT2D eigenvalue weighted by Crippen LogP contribution is 2.40. The molecule has 0 bridgehead atoms. The fourth-order valence-corrected chi connectivity index (χ4v) is 4.75. The number of benzene rings is 3. The molecule has 1 amide bonds. The van der Waals surface area contributed by atoms with Crippen molar-refractivity contribution in [1.82, 2.24) is 9.88 Å². The predicted octanol–water partition coefficient (Wildman–Crippen LogP) is 4.75. The molecule has 186 valence electrons. The monoisotopic (exact) mass is 497 g/mol. The summed E-state index contributed by atoms with van der Waals surface area (Å²) < 4.78 is 5.33. The van der Waals surface area contributed by atoms with Crippen molar-refractivity contribution >= 4 is 34.0 Å². The number of hydrogen-bond acceptors (Lipinski definition) is 6. The smallest absolute Gasteiger partial charge is 0.295 e. The summed E-state index contributed by atoms with van der Waals surface area (Å²) in [5.74, 6) is -1.24. The van der Waals surface area contributed by atoms with E-state index in [1.54, 1.807) is 43.5 Å². The number of carbonyl (C=O) groups excluding carboxylic acids is 2. The molecule has 0 saturated carbocycles. The number of aliphatic hydroxyl groups excluding tert-OH is 1. The van der Waals surface area contributed by atoms with Gasteiger partial charge < -0.3 is 19.7 Å². The van der Waals surface area contributed by atoms with Crippen molar-refractivity contribution in [1.29, 1.82) is 0 Å². The Bertz CT molecular complexity index is 1560. The highest BCUT2D eigenvalue weighted by Gasteiger charge is 2.46. The number of amides is 1. The van der Waals surface area contributed by atoms with Crippen LogP contribution in [0.2, 0.25) is 0 Å². The number of rotatable bonds is 7. The van der Waals surface area contributed by atoms with Gasteiger partial charge in [0.1, 0.15) is 11.5 Å². The van der Waals surface area contributed by atoms with Crippen molar-refractivity contribution in [3.63, 3.8) is 0 Å². The molecule has 1 aliphatic rings. The first-order valence-electron chi connectivity index (χ1n) is 11.6. The molecule has 0 aliphatic carbocycles. The van der Waals surface area contributed by atoms with Crippen molar-refractivity contribution in [2.45, 2.75) is 12.5 Å². The molecule has 4 aromatic rings. The van der Waals surface area contributed by atoms with E-state index in [2.05, 4.69) is 4.98 Å². The van der Waals surface area contributed by atoms with Gasteiger partial charge in [0.2, 0.25) is 0 Å². The van der Waals surface area contributed by atoms with Crippen LogP contribution in [-0.4, -0.2) is 45.3 Å². The van der Waals surface area contributed by atoms with Crippen LogP contribution in [0.3, 0.4) is 0 Å². The Labute approximate surface area is 211 Å². The van der Waals surface area contributed by atoms with Crippen molar-refractivity contribution in [3.05, 3.63) is 111 Å². The number of fused-ring (bicyclic) bond motifs is 1. The number of Topliss-reactive ketones (excluding diaryl/α,β-unsaturated/α-hetero) is 1. The number of carbonyl (C=O) groups is 2. The summed E-state index contributed by atoms with van der Waals surface area (Å²) in [7, 11) is 1.58. The summed E-state index contributed by atoms with van der Waals surface area (Å²) >= 11 is 0. The van der Waals surface area contributed by atoms with Crippen LogP contribution in [0.5, 0.6) is 5.75 Å². The number of ether oxygens (including phenoxy) is 1. The average molecular weight is 498 g/mol. The molecule has 37 heavy (non-hydrogen) atoms. The van der Waals surface area contributed by atoms with Gasteiger partial charge in [0.05, 0.1) is 23.6 Å².